The van der Waals surface area contributed by atoms with E-state index in [2.05, 4.69) is 5.73 Å². The first-order chi connectivity index (χ1) is 7.59. The summed E-state index contributed by atoms with van der Waals surface area (Å²) in [4.78, 5) is 21.5. The van der Waals surface area contributed by atoms with Crippen molar-refractivity contribution in [1.82, 2.24) is 0 Å². The fraction of sp³-hybridized carbons (Fsp3) is 0.273. The molecule has 0 fully saturated rings. The molecule has 0 aliphatic rings. The van der Waals surface area contributed by atoms with E-state index in [0.29, 0.717) is 0 Å². The van der Waals surface area contributed by atoms with Gasteiger partial charge in [-0.15, -0.1) is 0 Å². The molecule has 0 amide bonds. The third kappa shape index (κ3) is 4.10. The molecule has 1 atom stereocenters. The van der Waals surface area contributed by atoms with E-state index in [-0.39, 0.29) is 13.0 Å². The van der Waals surface area contributed by atoms with Gasteiger partial charge in [0.2, 0.25) is 0 Å². The summed E-state index contributed by atoms with van der Waals surface area (Å²) in [5.74, 6) is -1.94. The van der Waals surface area contributed by atoms with Crippen LogP contribution in [0.4, 0.5) is 0 Å². The molecule has 5 nitrogen and oxygen atoms in total. The summed E-state index contributed by atoms with van der Waals surface area (Å²) in [6.45, 7) is 0.138. The number of esters is 1. The minimum absolute atomic E-state index is 0.138. The number of quaternary nitrogens is 1. The predicted molar refractivity (Wildman–Crippen MR) is 52.5 cm³/mol. The van der Waals surface area contributed by atoms with Crippen molar-refractivity contribution < 1.29 is 25.2 Å². The molecule has 0 aromatic heterocycles. The Morgan fingerprint density at radius 3 is 2.50 bits per heavy atom. The summed E-state index contributed by atoms with van der Waals surface area (Å²) in [6.07, 6.45) is -0.269. The Balaban J connectivity index is 2.33. The van der Waals surface area contributed by atoms with Crippen LogP contribution < -0.4 is 10.8 Å². The van der Waals surface area contributed by atoms with E-state index in [1.165, 1.54) is 0 Å². The maximum absolute atomic E-state index is 11.2. The first-order valence-corrected chi connectivity index (χ1v) is 4.83. The van der Waals surface area contributed by atoms with E-state index in [9.17, 15) is 14.7 Å². The van der Waals surface area contributed by atoms with E-state index >= 15 is 0 Å². The van der Waals surface area contributed by atoms with Gasteiger partial charge in [-0.25, -0.2) is 0 Å². The van der Waals surface area contributed by atoms with Gasteiger partial charge in [-0.2, -0.15) is 0 Å². The lowest BCUT2D eigenvalue weighted by atomic mass is 10.2. The van der Waals surface area contributed by atoms with Crippen LogP contribution in [0.15, 0.2) is 30.3 Å². The van der Waals surface area contributed by atoms with Crippen LogP contribution in [-0.2, 0) is 20.9 Å². The zero-order chi connectivity index (χ0) is 12.0. The Morgan fingerprint density at radius 1 is 1.31 bits per heavy atom. The first kappa shape index (κ1) is 12.2. The molecule has 5 heteroatoms. The minimum Gasteiger partial charge on any atom is -0.544 e. The summed E-state index contributed by atoms with van der Waals surface area (Å²) in [7, 11) is 0. The molecule has 0 unspecified atom stereocenters. The lowest BCUT2D eigenvalue weighted by molar-refractivity contribution is -0.436. The summed E-state index contributed by atoms with van der Waals surface area (Å²) in [5.41, 5.74) is 4.12. The van der Waals surface area contributed by atoms with Crippen molar-refractivity contribution in [2.75, 3.05) is 0 Å². The van der Waals surface area contributed by atoms with Crippen molar-refractivity contribution in [1.29, 1.82) is 0 Å². The Kier molecular flexibility index (Phi) is 4.47. The standard InChI is InChI=1S/C11H13NO4/c12-9(11(14)15)6-10(13)16-7-8-4-2-1-3-5-8/h1-5,9H,6-7,12H2,(H,14,15)/t9-/m1/s1. The van der Waals surface area contributed by atoms with Gasteiger partial charge in [0.1, 0.15) is 19.1 Å². The number of ether oxygens (including phenoxy) is 1. The van der Waals surface area contributed by atoms with Crippen LogP contribution in [-0.4, -0.2) is 18.0 Å². The second-order valence-electron chi connectivity index (χ2n) is 3.37. The van der Waals surface area contributed by atoms with Gasteiger partial charge in [-0.1, -0.05) is 30.3 Å². The molecule has 1 aromatic carbocycles. The lowest BCUT2D eigenvalue weighted by Gasteiger charge is -2.09. The van der Waals surface area contributed by atoms with Crippen molar-refractivity contribution in [3.63, 3.8) is 0 Å². The van der Waals surface area contributed by atoms with E-state index < -0.39 is 18.0 Å². The zero-order valence-electron chi connectivity index (χ0n) is 8.72. The smallest absolute Gasteiger partial charge is 0.312 e. The summed E-state index contributed by atoms with van der Waals surface area (Å²) in [6, 6.07) is 8.07. The monoisotopic (exact) mass is 223 g/mol. The van der Waals surface area contributed by atoms with Crippen molar-refractivity contribution in [2.45, 2.75) is 19.1 Å². The number of carboxylic acid groups (broad SMARTS) is 1. The van der Waals surface area contributed by atoms with Crippen molar-refractivity contribution >= 4 is 11.9 Å². The molecular formula is C11H13NO4. The Bertz CT molecular complexity index is 364. The van der Waals surface area contributed by atoms with Gasteiger partial charge in [0.15, 0.2) is 0 Å². The van der Waals surface area contributed by atoms with Crippen molar-refractivity contribution in [2.24, 2.45) is 0 Å². The van der Waals surface area contributed by atoms with Gasteiger partial charge in [-0.05, 0) is 5.56 Å². The Morgan fingerprint density at radius 2 is 1.94 bits per heavy atom. The van der Waals surface area contributed by atoms with Crippen molar-refractivity contribution in [3.05, 3.63) is 35.9 Å². The number of carbonyl (C=O) groups is 2. The summed E-state index contributed by atoms with van der Waals surface area (Å²) < 4.78 is 4.88. The SMILES string of the molecule is [NH3+][C@H](CC(=O)OCc1ccccc1)C(=O)[O-]. The number of rotatable bonds is 5. The van der Waals surface area contributed by atoms with Crippen LogP contribution in [0.3, 0.4) is 0 Å². The molecule has 0 heterocycles. The second kappa shape index (κ2) is 5.87. The van der Waals surface area contributed by atoms with Crippen LogP contribution in [0.1, 0.15) is 12.0 Å². The quantitative estimate of drug-likeness (QED) is 0.613. The molecule has 0 bridgehead atoms. The third-order valence-corrected chi connectivity index (χ3v) is 1.99. The molecule has 16 heavy (non-hydrogen) atoms. The van der Waals surface area contributed by atoms with E-state index in [1.807, 2.05) is 30.3 Å². The average molecular weight is 223 g/mol. The highest BCUT2D eigenvalue weighted by Gasteiger charge is 2.14. The normalized spacial score (nSPS) is 11.8. The number of hydrogen-bond acceptors (Lipinski definition) is 4. The highest BCUT2D eigenvalue weighted by atomic mass is 16.5. The van der Waals surface area contributed by atoms with Gasteiger partial charge >= 0.3 is 5.97 Å². The average Bonchev–Trinajstić information content (AvgIpc) is 2.27. The molecule has 0 aliphatic heterocycles. The van der Waals surface area contributed by atoms with E-state index in [0.717, 1.165) is 5.56 Å². The molecule has 1 rings (SSSR count). The Hall–Kier alpha value is -1.88. The molecule has 3 N–H and O–H groups in total. The van der Waals surface area contributed by atoms with Gasteiger partial charge in [0.05, 0.1) is 5.97 Å². The van der Waals surface area contributed by atoms with Gasteiger partial charge in [0, 0.05) is 0 Å². The van der Waals surface area contributed by atoms with Crippen LogP contribution in [0, 0.1) is 0 Å². The Labute approximate surface area is 92.8 Å². The molecule has 0 saturated carbocycles. The molecule has 0 aliphatic carbocycles. The van der Waals surface area contributed by atoms with E-state index in [1.54, 1.807) is 0 Å². The molecular weight excluding hydrogens is 210 g/mol. The molecule has 86 valence electrons. The van der Waals surface area contributed by atoms with Crippen LogP contribution in [0.5, 0.6) is 0 Å². The highest BCUT2D eigenvalue weighted by Crippen LogP contribution is 2.01. The number of carbonyl (C=O) groups excluding carboxylic acids is 2. The number of benzene rings is 1. The zero-order valence-corrected chi connectivity index (χ0v) is 8.72. The molecule has 0 saturated heterocycles. The van der Waals surface area contributed by atoms with Gasteiger partial charge in [-0.3, -0.25) is 4.79 Å². The van der Waals surface area contributed by atoms with Crippen LogP contribution in [0.25, 0.3) is 0 Å². The van der Waals surface area contributed by atoms with Crippen LogP contribution >= 0.6 is 0 Å². The lowest BCUT2D eigenvalue weighted by Crippen LogP contribution is -2.68. The fourth-order valence-corrected chi connectivity index (χ4v) is 1.08. The van der Waals surface area contributed by atoms with Gasteiger partial charge < -0.3 is 20.4 Å². The number of aliphatic carboxylic acids is 1. The molecule has 0 spiro atoms. The minimum atomic E-state index is -1.35. The van der Waals surface area contributed by atoms with Crippen LogP contribution in [0.2, 0.25) is 0 Å². The summed E-state index contributed by atoms with van der Waals surface area (Å²) >= 11 is 0. The second-order valence-corrected chi connectivity index (χ2v) is 3.37. The van der Waals surface area contributed by atoms with Gasteiger partial charge in [0.25, 0.3) is 0 Å². The topological polar surface area (TPSA) is 94.1 Å². The predicted octanol–water partition coefficient (Wildman–Crippen LogP) is -1.52. The number of carboxylic acids is 1. The molecule has 1 aromatic rings. The maximum atomic E-state index is 11.2. The van der Waals surface area contributed by atoms with Crippen molar-refractivity contribution in [3.8, 4) is 0 Å². The maximum Gasteiger partial charge on any atom is 0.312 e. The third-order valence-electron chi connectivity index (χ3n) is 1.99. The first-order valence-electron chi connectivity index (χ1n) is 4.83. The molecule has 0 radical (unpaired) electrons. The van der Waals surface area contributed by atoms with E-state index in [4.69, 9.17) is 4.74 Å². The fourth-order valence-electron chi connectivity index (χ4n) is 1.08. The number of hydrogen-bond donors (Lipinski definition) is 1. The highest BCUT2D eigenvalue weighted by molar-refractivity contribution is 5.78. The summed E-state index contributed by atoms with van der Waals surface area (Å²) in [5, 5.41) is 10.3. The largest absolute Gasteiger partial charge is 0.544 e.